The van der Waals surface area contributed by atoms with Crippen LogP contribution >= 0.6 is 0 Å². The third kappa shape index (κ3) is 2.07. The monoisotopic (exact) mass is 234 g/mol. The molecule has 3 heteroatoms. The van der Waals surface area contributed by atoms with E-state index in [4.69, 9.17) is 9.15 Å². The van der Waals surface area contributed by atoms with Crippen LogP contribution < -0.4 is 0 Å². The number of rotatable bonds is 1. The highest BCUT2D eigenvalue weighted by Gasteiger charge is 2.49. The molecule has 2 rings (SSSR count). The van der Waals surface area contributed by atoms with E-state index in [1.54, 1.807) is 19.9 Å². The zero-order valence-corrected chi connectivity index (χ0v) is 11.0. The average Bonchev–Trinajstić information content (AvgIpc) is 2.62. The van der Waals surface area contributed by atoms with E-state index in [9.17, 15) is 4.79 Å². The SMILES string of the molecule is Cc1ccc(C=C2C(=O)C(C)(C)OC2(C)C)o1. The van der Waals surface area contributed by atoms with E-state index < -0.39 is 11.2 Å². The van der Waals surface area contributed by atoms with Crippen molar-refractivity contribution in [2.75, 3.05) is 0 Å². The summed E-state index contributed by atoms with van der Waals surface area (Å²) in [4.78, 5) is 12.2. The Morgan fingerprint density at radius 2 is 1.76 bits per heavy atom. The molecule has 2 heterocycles. The lowest BCUT2D eigenvalue weighted by molar-refractivity contribution is -0.132. The van der Waals surface area contributed by atoms with Crippen LogP contribution in [0.1, 0.15) is 39.2 Å². The Bertz CT molecular complexity index is 489. The molecule has 0 N–H and O–H groups in total. The Hall–Kier alpha value is -1.35. The molecule has 0 saturated carbocycles. The molecular weight excluding hydrogens is 216 g/mol. The average molecular weight is 234 g/mol. The van der Waals surface area contributed by atoms with E-state index in [0.717, 1.165) is 5.76 Å². The molecule has 92 valence electrons. The summed E-state index contributed by atoms with van der Waals surface area (Å²) in [5.74, 6) is 1.55. The van der Waals surface area contributed by atoms with Gasteiger partial charge in [-0.05, 0) is 52.8 Å². The van der Waals surface area contributed by atoms with E-state index in [-0.39, 0.29) is 5.78 Å². The number of Topliss-reactive ketones (excluding diaryl/α,β-unsaturated/α-hetero) is 1. The number of carbonyl (C=O) groups is 1. The molecule has 1 aromatic heterocycles. The van der Waals surface area contributed by atoms with Crippen molar-refractivity contribution < 1.29 is 13.9 Å². The van der Waals surface area contributed by atoms with Gasteiger partial charge in [0.05, 0.1) is 5.60 Å². The van der Waals surface area contributed by atoms with E-state index in [2.05, 4.69) is 0 Å². The van der Waals surface area contributed by atoms with Gasteiger partial charge in [0, 0.05) is 5.57 Å². The molecule has 0 atom stereocenters. The molecule has 0 aliphatic carbocycles. The molecule has 1 aromatic rings. The fraction of sp³-hybridized carbons (Fsp3) is 0.500. The number of aryl methyl sites for hydroxylation is 1. The molecule has 3 nitrogen and oxygen atoms in total. The summed E-state index contributed by atoms with van der Waals surface area (Å²) in [5, 5.41) is 0. The first-order valence-corrected chi connectivity index (χ1v) is 5.76. The number of hydrogen-bond acceptors (Lipinski definition) is 3. The molecule has 1 fully saturated rings. The van der Waals surface area contributed by atoms with Crippen LogP contribution in [-0.2, 0) is 9.53 Å². The van der Waals surface area contributed by atoms with Crippen molar-refractivity contribution in [1.29, 1.82) is 0 Å². The first-order chi connectivity index (χ1) is 7.72. The lowest BCUT2D eigenvalue weighted by Gasteiger charge is -2.22. The largest absolute Gasteiger partial charge is 0.462 e. The van der Waals surface area contributed by atoms with Crippen molar-refractivity contribution in [3.8, 4) is 0 Å². The van der Waals surface area contributed by atoms with Gasteiger partial charge in [-0.2, -0.15) is 0 Å². The highest BCUT2D eigenvalue weighted by molar-refractivity contribution is 6.08. The van der Waals surface area contributed by atoms with Crippen molar-refractivity contribution in [3.05, 3.63) is 29.2 Å². The van der Waals surface area contributed by atoms with Gasteiger partial charge in [-0.3, -0.25) is 4.79 Å². The molecule has 17 heavy (non-hydrogen) atoms. The van der Waals surface area contributed by atoms with Crippen molar-refractivity contribution in [3.63, 3.8) is 0 Å². The van der Waals surface area contributed by atoms with Gasteiger partial charge >= 0.3 is 0 Å². The lowest BCUT2D eigenvalue weighted by atomic mass is 9.92. The van der Waals surface area contributed by atoms with Gasteiger partial charge in [0.25, 0.3) is 0 Å². The van der Waals surface area contributed by atoms with E-state index >= 15 is 0 Å². The highest BCUT2D eigenvalue weighted by atomic mass is 16.5. The van der Waals surface area contributed by atoms with Crippen LogP contribution in [0.15, 0.2) is 22.1 Å². The second-order valence-corrected chi connectivity index (χ2v) is 5.46. The smallest absolute Gasteiger partial charge is 0.193 e. The minimum Gasteiger partial charge on any atom is -0.462 e. The van der Waals surface area contributed by atoms with Crippen LogP contribution in [0, 0.1) is 6.92 Å². The Morgan fingerprint density at radius 1 is 1.12 bits per heavy atom. The van der Waals surface area contributed by atoms with Crippen LogP contribution in [0.25, 0.3) is 6.08 Å². The lowest BCUT2D eigenvalue weighted by Crippen LogP contribution is -2.29. The first kappa shape index (κ1) is 12.1. The van der Waals surface area contributed by atoms with Gasteiger partial charge in [-0.1, -0.05) is 0 Å². The van der Waals surface area contributed by atoms with Crippen molar-refractivity contribution >= 4 is 11.9 Å². The summed E-state index contributed by atoms with van der Waals surface area (Å²) in [5.41, 5.74) is -0.657. The third-order valence-corrected chi connectivity index (χ3v) is 3.00. The van der Waals surface area contributed by atoms with Gasteiger partial charge in [-0.15, -0.1) is 0 Å². The minimum absolute atomic E-state index is 0.0246. The predicted octanol–water partition coefficient (Wildman–Crippen LogP) is 3.13. The number of furan rings is 1. The predicted molar refractivity (Wildman–Crippen MR) is 65.7 cm³/mol. The Labute approximate surface area is 101 Å². The summed E-state index contributed by atoms with van der Waals surface area (Å²) in [7, 11) is 0. The Morgan fingerprint density at radius 3 is 2.18 bits per heavy atom. The summed E-state index contributed by atoms with van der Waals surface area (Å²) in [6.45, 7) is 9.28. The number of ether oxygens (including phenoxy) is 1. The van der Waals surface area contributed by atoms with Crippen LogP contribution in [0.4, 0.5) is 0 Å². The zero-order chi connectivity index (χ0) is 12.8. The maximum atomic E-state index is 12.2. The fourth-order valence-electron chi connectivity index (χ4n) is 2.25. The third-order valence-electron chi connectivity index (χ3n) is 3.00. The van der Waals surface area contributed by atoms with Gasteiger partial charge in [0.15, 0.2) is 5.78 Å². The van der Waals surface area contributed by atoms with E-state index in [1.165, 1.54) is 0 Å². The topological polar surface area (TPSA) is 39.4 Å². The molecule has 0 aromatic carbocycles. The maximum absolute atomic E-state index is 12.2. The van der Waals surface area contributed by atoms with E-state index in [0.29, 0.717) is 11.3 Å². The molecule has 1 aliphatic heterocycles. The summed E-state index contributed by atoms with van der Waals surface area (Å²) in [6, 6.07) is 3.74. The Kier molecular flexibility index (Phi) is 2.54. The van der Waals surface area contributed by atoms with Gasteiger partial charge < -0.3 is 9.15 Å². The Balaban J connectivity index is 2.44. The normalized spacial score (nSPS) is 24.5. The second-order valence-electron chi connectivity index (χ2n) is 5.46. The number of ketones is 1. The minimum atomic E-state index is -0.753. The maximum Gasteiger partial charge on any atom is 0.193 e. The molecule has 0 spiro atoms. The van der Waals surface area contributed by atoms with Crippen molar-refractivity contribution in [2.45, 2.75) is 45.8 Å². The van der Waals surface area contributed by atoms with Crippen molar-refractivity contribution in [1.82, 2.24) is 0 Å². The van der Waals surface area contributed by atoms with Crippen LogP contribution in [-0.4, -0.2) is 17.0 Å². The van der Waals surface area contributed by atoms with Crippen LogP contribution in [0.2, 0.25) is 0 Å². The molecular formula is C14H18O3. The summed E-state index contributed by atoms with van der Waals surface area (Å²) >= 11 is 0. The van der Waals surface area contributed by atoms with Gasteiger partial charge in [0.2, 0.25) is 0 Å². The number of carbonyl (C=O) groups excluding carboxylic acids is 1. The highest BCUT2D eigenvalue weighted by Crippen LogP contribution is 2.39. The molecule has 0 unspecified atom stereocenters. The molecule has 0 radical (unpaired) electrons. The van der Waals surface area contributed by atoms with Gasteiger partial charge in [0.1, 0.15) is 17.1 Å². The van der Waals surface area contributed by atoms with Gasteiger partial charge in [-0.25, -0.2) is 0 Å². The first-order valence-electron chi connectivity index (χ1n) is 5.76. The van der Waals surface area contributed by atoms with Crippen LogP contribution in [0.3, 0.4) is 0 Å². The van der Waals surface area contributed by atoms with E-state index in [1.807, 2.05) is 32.9 Å². The van der Waals surface area contributed by atoms with Crippen molar-refractivity contribution in [2.24, 2.45) is 0 Å². The second kappa shape index (κ2) is 3.57. The molecule has 1 aliphatic rings. The fourth-order valence-corrected chi connectivity index (χ4v) is 2.25. The quantitative estimate of drug-likeness (QED) is 0.701. The zero-order valence-electron chi connectivity index (χ0n) is 11.0. The number of hydrogen-bond donors (Lipinski definition) is 0. The standard InChI is InChI=1S/C14H18O3/c1-9-6-7-10(16-9)8-11-12(15)14(4,5)17-13(11,2)3/h6-8H,1-5H3. The summed E-state index contributed by atoms with van der Waals surface area (Å²) in [6.07, 6.45) is 1.78. The summed E-state index contributed by atoms with van der Waals surface area (Å²) < 4.78 is 11.3. The van der Waals surface area contributed by atoms with Crippen LogP contribution in [0.5, 0.6) is 0 Å². The molecule has 0 amide bonds. The molecule has 1 saturated heterocycles. The molecule has 0 bridgehead atoms.